The average Bonchev–Trinajstić information content (AvgIpc) is 2.38. The quantitative estimate of drug-likeness (QED) is 0.351. The fraction of sp³-hybridized carbons (Fsp3) is 0.600. The summed E-state index contributed by atoms with van der Waals surface area (Å²) in [6.07, 6.45) is 4.15. The highest BCUT2D eigenvalue weighted by Crippen LogP contribution is 2.19. The van der Waals surface area contributed by atoms with Gasteiger partial charge in [-0.1, -0.05) is 26.8 Å². The number of aliphatic imine (C=N–C) groups is 1. The molecule has 0 aliphatic carbocycles. The Bertz CT molecular complexity index is 385. The first kappa shape index (κ1) is 19.1. The summed E-state index contributed by atoms with van der Waals surface area (Å²) >= 11 is 0. The second-order valence-electron chi connectivity index (χ2n) is 5.84. The van der Waals surface area contributed by atoms with Crippen molar-refractivity contribution >= 4 is 29.9 Å². The molecule has 0 aliphatic heterocycles. The smallest absolute Gasteiger partial charge is 0.191 e. The highest BCUT2D eigenvalue weighted by molar-refractivity contribution is 14.0. The lowest BCUT2D eigenvalue weighted by molar-refractivity contribution is 0.365. The molecule has 1 aromatic rings. The van der Waals surface area contributed by atoms with Gasteiger partial charge < -0.3 is 10.6 Å². The summed E-state index contributed by atoms with van der Waals surface area (Å²) in [5.41, 5.74) is 1.41. The van der Waals surface area contributed by atoms with E-state index in [9.17, 15) is 0 Å². The number of nitrogens with zero attached hydrogens (tertiary/aromatic N) is 2. The summed E-state index contributed by atoms with van der Waals surface area (Å²) in [7, 11) is 1.79. The van der Waals surface area contributed by atoms with Crippen LogP contribution in [0.4, 0.5) is 0 Å². The van der Waals surface area contributed by atoms with Gasteiger partial charge in [0, 0.05) is 19.8 Å². The highest BCUT2D eigenvalue weighted by Gasteiger charge is 2.09. The Labute approximate surface area is 139 Å². The predicted molar refractivity (Wildman–Crippen MR) is 96.5 cm³/mol. The van der Waals surface area contributed by atoms with E-state index in [1.54, 1.807) is 13.2 Å². The van der Waals surface area contributed by atoms with Crippen molar-refractivity contribution in [2.24, 2.45) is 10.4 Å². The van der Waals surface area contributed by atoms with Crippen molar-refractivity contribution in [2.45, 2.75) is 40.2 Å². The lowest BCUT2D eigenvalue weighted by Crippen LogP contribution is -2.37. The third-order valence-corrected chi connectivity index (χ3v) is 2.78. The number of guanidine groups is 1. The zero-order valence-corrected chi connectivity index (χ0v) is 15.3. The third-order valence-electron chi connectivity index (χ3n) is 2.78. The van der Waals surface area contributed by atoms with E-state index in [4.69, 9.17) is 0 Å². The minimum Gasteiger partial charge on any atom is -0.356 e. The van der Waals surface area contributed by atoms with Crippen molar-refractivity contribution in [1.82, 2.24) is 15.6 Å². The van der Waals surface area contributed by atoms with Crippen molar-refractivity contribution < 1.29 is 0 Å². The number of rotatable bonds is 5. The molecule has 0 saturated carbocycles. The van der Waals surface area contributed by atoms with Gasteiger partial charge in [-0.3, -0.25) is 9.98 Å². The van der Waals surface area contributed by atoms with Gasteiger partial charge in [0.05, 0.1) is 12.2 Å². The number of nitrogens with one attached hydrogen (secondary N) is 2. The minimum atomic E-state index is 0. The summed E-state index contributed by atoms with van der Waals surface area (Å²) in [6.45, 7) is 8.43. The van der Waals surface area contributed by atoms with Crippen LogP contribution < -0.4 is 10.6 Å². The van der Waals surface area contributed by atoms with Crippen LogP contribution in [0, 0.1) is 5.41 Å². The van der Waals surface area contributed by atoms with Crippen LogP contribution in [-0.2, 0) is 6.54 Å². The number of aromatic nitrogens is 1. The lowest BCUT2D eigenvalue weighted by atomic mass is 9.91. The number of hydrogen-bond donors (Lipinski definition) is 2. The monoisotopic (exact) mass is 390 g/mol. The number of hydrogen-bond acceptors (Lipinski definition) is 2. The fourth-order valence-electron chi connectivity index (χ4n) is 1.72. The maximum absolute atomic E-state index is 4.27. The summed E-state index contributed by atoms with van der Waals surface area (Å²) in [5, 5.41) is 6.58. The summed E-state index contributed by atoms with van der Waals surface area (Å²) < 4.78 is 0. The molecule has 114 valence electrons. The van der Waals surface area contributed by atoms with E-state index in [0.717, 1.165) is 24.6 Å². The van der Waals surface area contributed by atoms with Crippen molar-refractivity contribution in [3.8, 4) is 0 Å². The van der Waals surface area contributed by atoms with Gasteiger partial charge in [0.2, 0.25) is 0 Å². The molecule has 0 radical (unpaired) electrons. The van der Waals surface area contributed by atoms with Crippen molar-refractivity contribution in [1.29, 1.82) is 0 Å². The summed E-state index contributed by atoms with van der Waals surface area (Å²) in [4.78, 5) is 8.47. The normalized spacial score (nSPS) is 11.7. The van der Waals surface area contributed by atoms with E-state index >= 15 is 0 Å². The lowest BCUT2D eigenvalue weighted by Gasteiger charge is -2.18. The van der Waals surface area contributed by atoms with Crippen LogP contribution in [0.2, 0.25) is 0 Å². The van der Waals surface area contributed by atoms with Crippen LogP contribution in [0.3, 0.4) is 0 Å². The second kappa shape index (κ2) is 9.96. The first-order valence-corrected chi connectivity index (χ1v) is 6.86. The Morgan fingerprint density at radius 2 is 2.00 bits per heavy atom. The van der Waals surface area contributed by atoms with Gasteiger partial charge in [-0.05, 0) is 30.4 Å². The van der Waals surface area contributed by atoms with E-state index in [1.807, 2.05) is 18.2 Å². The van der Waals surface area contributed by atoms with E-state index in [2.05, 4.69) is 41.4 Å². The van der Waals surface area contributed by atoms with Crippen LogP contribution in [0.25, 0.3) is 0 Å². The van der Waals surface area contributed by atoms with Gasteiger partial charge in [-0.25, -0.2) is 0 Å². The molecule has 20 heavy (non-hydrogen) atoms. The Kier molecular flexibility index (Phi) is 9.54. The van der Waals surface area contributed by atoms with E-state index in [-0.39, 0.29) is 24.0 Å². The zero-order valence-electron chi connectivity index (χ0n) is 12.9. The topological polar surface area (TPSA) is 49.3 Å². The molecule has 0 atom stereocenters. The van der Waals surface area contributed by atoms with Crippen LogP contribution in [0.15, 0.2) is 29.4 Å². The molecule has 0 aliphatic rings. The van der Waals surface area contributed by atoms with Crippen molar-refractivity contribution in [3.05, 3.63) is 30.1 Å². The zero-order chi connectivity index (χ0) is 14.1. The summed E-state index contributed by atoms with van der Waals surface area (Å²) in [6, 6.07) is 5.91. The van der Waals surface area contributed by atoms with Crippen LogP contribution in [0.1, 0.15) is 39.3 Å². The van der Waals surface area contributed by atoms with Gasteiger partial charge in [-0.2, -0.15) is 0 Å². The van der Waals surface area contributed by atoms with Gasteiger partial charge >= 0.3 is 0 Å². The maximum atomic E-state index is 4.27. The fourth-order valence-corrected chi connectivity index (χ4v) is 1.72. The molecule has 5 heteroatoms. The molecule has 0 aromatic carbocycles. The standard InChI is InChI=1S/C15H26N4.HI/c1-15(2,3)9-7-11-18-14(16-4)19-12-13-8-5-6-10-17-13;/h5-6,8,10H,7,9,11-12H2,1-4H3,(H2,16,18,19);1H. The molecule has 0 saturated heterocycles. The van der Waals surface area contributed by atoms with E-state index in [0.29, 0.717) is 12.0 Å². The molecule has 0 unspecified atom stereocenters. The van der Waals surface area contributed by atoms with Gasteiger partial charge in [0.1, 0.15) is 0 Å². The van der Waals surface area contributed by atoms with Gasteiger partial charge in [-0.15, -0.1) is 24.0 Å². The van der Waals surface area contributed by atoms with Crippen molar-refractivity contribution in [3.63, 3.8) is 0 Å². The minimum absolute atomic E-state index is 0. The molecular weight excluding hydrogens is 363 g/mol. The molecule has 1 heterocycles. The first-order chi connectivity index (χ1) is 9.01. The van der Waals surface area contributed by atoms with Crippen LogP contribution >= 0.6 is 24.0 Å². The first-order valence-electron chi connectivity index (χ1n) is 6.86. The van der Waals surface area contributed by atoms with E-state index in [1.165, 1.54) is 6.42 Å². The molecule has 0 fully saturated rings. The predicted octanol–water partition coefficient (Wildman–Crippen LogP) is 3.19. The SMILES string of the molecule is CN=C(NCCCC(C)(C)C)NCc1ccccn1.I. The summed E-state index contributed by atoms with van der Waals surface area (Å²) in [5.74, 6) is 0.833. The molecule has 0 bridgehead atoms. The Balaban J connectivity index is 0.00000361. The Morgan fingerprint density at radius 1 is 1.25 bits per heavy atom. The molecule has 2 N–H and O–H groups in total. The number of halogens is 1. The van der Waals surface area contributed by atoms with Gasteiger partial charge in [0.25, 0.3) is 0 Å². The Morgan fingerprint density at radius 3 is 2.55 bits per heavy atom. The largest absolute Gasteiger partial charge is 0.356 e. The third kappa shape index (κ3) is 9.12. The second-order valence-corrected chi connectivity index (χ2v) is 5.84. The molecule has 1 aromatic heterocycles. The molecule has 0 spiro atoms. The van der Waals surface area contributed by atoms with Crippen LogP contribution in [0.5, 0.6) is 0 Å². The van der Waals surface area contributed by atoms with Crippen molar-refractivity contribution in [2.75, 3.05) is 13.6 Å². The molecule has 0 amide bonds. The van der Waals surface area contributed by atoms with Gasteiger partial charge in [0.15, 0.2) is 5.96 Å². The molecule has 1 rings (SSSR count). The average molecular weight is 390 g/mol. The molecular formula is C15H27IN4. The Hall–Kier alpha value is -0.850. The highest BCUT2D eigenvalue weighted by atomic mass is 127. The van der Waals surface area contributed by atoms with E-state index < -0.39 is 0 Å². The number of pyridine rings is 1. The molecule has 4 nitrogen and oxygen atoms in total. The maximum Gasteiger partial charge on any atom is 0.191 e. The van der Waals surface area contributed by atoms with Crippen LogP contribution in [-0.4, -0.2) is 24.5 Å².